The van der Waals surface area contributed by atoms with Crippen LogP contribution in [0.3, 0.4) is 0 Å². The molecule has 3 nitrogen and oxygen atoms in total. The molecule has 4 rings (SSSR count). The van der Waals surface area contributed by atoms with Gasteiger partial charge in [-0.1, -0.05) is 48.0 Å². The molecule has 150 valence electrons. The number of aromatic carboxylic acids is 1. The molecule has 0 aliphatic rings. The normalized spacial score (nSPS) is 10.4. The third-order valence-corrected chi connectivity index (χ3v) is 5.76. The first-order chi connectivity index (χ1) is 14.5. The molecule has 0 fully saturated rings. The molecule has 0 bridgehead atoms. The zero-order valence-corrected chi connectivity index (χ0v) is 20.2. The van der Waals surface area contributed by atoms with E-state index in [1.165, 1.54) is 23.5 Å². The zero-order chi connectivity index (χ0) is 21.1. The Labute approximate surface area is 210 Å². The van der Waals surface area contributed by atoms with Gasteiger partial charge in [-0.2, -0.15) is 0 Å². The third-order valence-electron chi connectivity index (χ3n) is 4.58. The average molecular weight is 461 g/mol. The number of hydrogen-bond donors (Lipinski definition) is 0. The van der Waals surface area contributed by atoms with E-state index in [9.17, 15) is 14.3 Å². The zero-order valence-electron chi connectivity index (χ0n) is 16.6. The molecule has 0 atom stereocenters. The molecule has 0 unspecified atom stereocenters. The molecule has 0 N–H and O–H groups in total. The van der Waals surface area contributed by atoms with E-state index in [0.29, 0.717) is 33.4 Å². The first-order valence-electron chi connectivity index (χ1n) is 9.08. The van der Waals surface area contributed by atoms with E-state index in [1.807, 2.05) is 41.8 Å². The van der Waals surface area contributed by atoms with Gasteiger partial charge in [0.1, 0.15) is 18.2 Å². The molecule has 1 aromatic heterocycles. The fourth-order valence-electron chi connectivity index (χ4n) is 3.13. The molecule has 0 aliphatic carbocycles. The van der Waals surface area contributed by atoms with Gasteiger partial charge in [-0.15, -0.1) is 11.3 Å². The maximum atomic E-state index is 14.6. The van der Waals surface area contributed by atoms with E-state index < -0.39 is 11.8 Å². The van der Waals surface area contributed by atoms with Crippen LogP contribution in [0.5, 0.6) is 5.75 Å². The summed E-state index contributed by atoms with van der Waals surface area (Å²) in [6, 6.07) is 20.4. The van der Waals surface area contributed by atoms with Crippen LogP contribution in [0.1, 0.15) is 15.9 Å². The Balaban J connectivity index is 0.00000272. The maximum absolute atomic E-state index is 14.6. The van der Waals surface area contributed by atoms with Gasteiger partial charge >= 0.3 is 29.6 Å². The molecule has 7 heteroatoms. The Bertz CT molecular complexity index is 1210. The Morgan fingerprint density at radius 2 is 1.74 bits per heavy atom. The first kappa shape index (κ1) is 23.5. The molecule has 0 amide bonds. The van der Waals surface area contributed by atoms with Crippen molar-refractivity contribution in [3.63, 3.8) is 0 Å². The molecule has 3 aromatic carbocycles. The summed E-state index contributed by atoms with van der Waals surface area (Å²) in [6.07, 6.45) is 0. The van der Waals surface area contributed by atoms with Gasteiger partial charge in [-0.3, -0.25) is 0 Å². The van der Waals surface area contributed by atoms with E-state index in [0.717, 1.165) is 11.6 Å². The molecule has 1 heterocycles. The summed E-state index contributed by atoms with van der Waals surface area (Å²) in [5, 5.41) is 13.6. The van der Waals surface area contributed by atoms with Crippen molar-refractivity contribution in [2.75, 3.05) is 0 Å². The number of halogens is 2. The molecule has 0 aliphatic heterocycles. The van der Waals surface area contributed by atoms with Gasteiger partial charge in [0.15, 0.2) is 0 Å². The van der Waals surface area contributed by atoms with Gasteiger partial charge in [0.25, 0.3) is 0 Å². The molecule has 31 heavy (non-hydrogen) atoms. The minimum absolute atomic E-state index is 0. The second-order valence-electron chi connectivity index (χ2n) is 6.56. The van der Waals surface area contributed by atoms with E-state index >= 15 is 0 Å². The van der Waals surface area contributed by atoms with Crippen LogP contribution in [0, 0.1) is 5.82 Å². The van der Waals surface area contributed by atoms with Gasteiger partial charge in [0.2, 0.25) is 0 Å². The fourth-order valence-corrected chi connectivity index (χ4v) is 4.23. The van der Waals surface area contributed by atoms with Crippen molar-refractivity contribution in [3.8, 4) is 27.3 Å². The van der Waals surface area contributed by atoms with Crippen LogP contribution in [-0.2, 0) is 6.61 Å². The Morgan fingerprint density at radius 3 is 2.48 bits per heavy atom. The number of rotatable bonds is 6. The number of benzene rings is 3. The van der Waals surface area contributed by atoms with Crippen molar-refractivity contribution in [1.82, 2.24) is 0 Å². The monoisotopic (exact) mass is 460 g/mol. The molecule has 4 aromatic rings. The number of hydrogen-bond acceptors (Lipinski definition) is 4. The topological polar surface area (TPSA) is 49.4 Å². The smallest absolute Gasteiger partial charge is 0.545 e. The van der Waals surface area contributed by atoms with Gasteiger partial charge in [0, 0.05) is 26.6 Å². The SMILES string of the molecule is O=C([O-])c1ccc(F)c(-c2sccc2-c2cc(Cl)ccc2OCc2ccccc2)c1.[Na+]. The maximum Gasteiger partial charge on any atom is 1.00 e. The third kappa shape index (κ3) is 5.37. The van der Waals surface area contributed by atoms with Gasteiger partial charge in [0.05, 0.1) is 5.97 Å². The molecule has 0 spiro atoms. The van der Waals surface area contributed by atoms with E-state index in [1.54, 1.807) is 18.2 Å². The second-order valence-corrected chi connectivity index (χ2v) is 7.91. The summed E-state index contributed by atoms with van der Waals surface area (Å²) in [5.41, 5.74) is 2.53. The predicted octanol–water partition coefficient (Wildman–Crippen LogP) is 2.82. The van der Waals surface area contributed by atoms with Crippen LogP contribution in [0.2, 0.25) is 5.02 Å². The minimum Gasteiger partial charge on any atom is -0.545 e. The Hall–Kier alpha value is -2.15. The Morgan fingerprint density at radius 1 is 0.968 bits per heavy atom. The quantitative estimate of drug-likeness (QED) is 0.416. The summed E-state index contributed by atoms with van der Waals surface area (Å²) >= 11 is 7.54. The predicted molar refractivity (Wildman–Crippen MR) is 115 cm³/mol. The number of carboxylic acids is 1. The number of carbonyl (C=O) groups is 1. The summed E-state index contributed by atoms with van der Waals surface area (Å²) in [6.45, 7) is 0.365. The van der Waals surface area contributed by atoms with Crippen molar-refractivity contribution in [2.24, 2.45) is 0 Å². The van der Waals surface area contributed by atoms with E-state index in [4.69, 9.17) is 16.3 Å². The largest absolute Gasteiger partial charge is 1.00 e. The molecular formula is C24H15ClFNaO3S. The Kier molecular flexibility index (Phi) is 7.92. The van der Waals surface area contributed by atoms with Crippen molar-refractivity contribution in [3.05, 3.63) is 100 Å². The van der Waals surface area contributed by atoms with E-state index in [-0.39, 0.29) is 40.7 Å². The summed E-state index contributed by atoms with van der Waals surface area (Å²) in [5.74, 6) is -1.28. The number of thiophene rings is 1. The van der Waals surface area contributed by atoms with Crippen LogP contribution in [0.25, 0.3) is 21.6 Å². The van der Waals surface area contributed by atoms with Crippen LogP contribution >= 0.6 is 22.9 Å². The summed E-state index contributed by atoms with van der Waals surface area (Å²) < 4.78 is 20.6. The second kappa shape index (κ2) is 10.4. The van der Waals surface area contributed by atoms with Crippen molar-refractivity contribution < 1.29 is 48.6 Å². The van der Waals surface area contributed by atoms with Crippen molar-refractivity contribution in [1.29, 1.82) is 0 Å². The summed E-state index contributed by atoms with van der Waals surface area (Å²) in [7, 11) is 0. The van der Waals surface area contributed by atoms with Crippen LogP contribution in [-0.4, -0.2) is 5.97 Å². The van der Waals surface area contributed by atoms with Gasteiger partial charge in [-0.25, -0.2) is 4.39 Å². The molecular weight excluding hydrogens is 446 g/mol. The van der Waals surface area contributed by atoms with Crippen LogP contribution < -0.4 is 39.4 Å². The van der Waals surface area contributed by atoms with Gasteiger partial charge in [-0.05, 0) is 52.9 Å². The fraction of sp³-hybridized carbons (Fsp3) is 0.0417. The average Bonchev–Trinajstić information content (AvgIpc) is 3.23. The first-order valence-corrected chi connectivity index (χ1v) is 10.3. The van der Waals surface area contributed by atoms with Crippen molar-refractivity contribution in [2.45, 2.75) is 6.61 Å². The molecule has 0 saturated carbocycles. The molecule has 0 saturated heterocycles. The minimum atomic E-state index is -1.36. The van der Waals surface area contributed by atoms with Crippen molar-refractivity contribution >= 4 is 28.9 Å². The summed E-state index contributed by atoms with van der Waals surface area (Å²) in [4.78, 5) is 11.8. The number of ether oxygens (including phenoxy) is 1. The van der Waals surface area contributed by atoms with Gasteiger partial charge < -0.3 is 14.6 Å². The molecule has 0 radical (unpaired) electrons. The standard InChI is InChI=1S/C24H16ClFO3S.Na/c25-17-7-9-22(29-14-15-4-2-1-3-5-15)19(13-17)18-10-11-30-23(18)20-12-16(24(27)28)6-8-21(20)26;/h1-13H,14H2,(H,27,28);/q;+1/p-1. The number of carbonyl (C=O) groups excluding carboxylic acids is 1. The van der Waals surface area contributed by atoms with E-state index in [2.05, 4.69) is 0 Å². The van der Waals surface area contributed by atoms with Crippen LogP contribution in [0.15, 0.2) is 78.2 Å². The number of carboxylic acid groups (broad SMARTS) is 1. The van der Waals surface area contributed by atoms with Crippen LogP contribution in [0.4, 0.5) is 4.39 Å².